The van der Waals surface area contributed by atoms with E-state index in [0.717, 1.165) is 21.7 Å². The number of hydrogen-bond donors (Lipinski definition) is 0. The average molecular weight is 501 g/mol. The van der Waals surface area contributed by atoms with Gasteiger partial charge in [0.1, 0.15) is 17.4 Å². The van der Waals surface area contributed by atoms with Crippen LogP contribution in [-0.2, 0) is 16.1 Å². The van der Waals surface area contributed by atoms with E-state index in [4.69, 9.17) is 9.84 Å². The first-order valence-corrected chi connectivity index (χ1v) is 12.0. The van der Waals surface area contributed by atoms with Crippen molar-refractivity contribution in [3.8, 4) is 28.8 Å². The molecule has 3 aromatic carbocycles. The summed E-state index contributed by atoms with van der Waals surface area (Å²) in [5.74, 6) is -0.332. The van der Waals surface area contributed by atoms with E-state index in [9.17, 15) is 14.9 Å². The van der Waals surface area contributed by atoms with Crippen LogP contribution in [0.3, 0.4) is 0 Å². The zero-order valence-corrected chi connectivity index (χ0v) is 21.0. The van der Waals surface area contributed by atoms with Crippen LogP contribution >= 0.6 is 0 Å². The highest BCUT2D eigenvalue weighted by molar-refractivity contribution is 6.19. The normalized spacial score (nSPS) is 14.7. The van der Waals surface area contributed by atoms with Crippen molar-refractivity contribution in [3.63, 3.8) is 0 Å². The van der Waals surface area contributed by atoms with Crippen LogP contribution in [-0.4, -0.2) is 33.6 Å². The summed E-state index contributed by atoms with van der Waals surface area (Å²) in [5, 5.41) is 14.6. The molecule has 0 unspecified atom stereocenters. The van der Waals surface area contributed by atoms with Crippen LogP contribution in [0.4, 0.5) is 0 Å². The molecule has 5 rings (SSSR count). The van der Waals surface area contributed by atoms with E-state index >= 15 is 0 Å². The third-order valence-electron chi connectivity index (χ3n) is 6.44. The van der Waals surface area contributed by atoms with E-state index in [2.05, 4.69) is 0 Å². The monoisotopic (exact) mass is 500 g/mol. The van der Waals surface area contributed by atoms with Crippen molar-refractivity contribution in [3.05, 3.63) is 119 Å². The Morgan fingerprint density at radius 2 is 1.58 bits per heavy atom. The van der Waals surface area contributed by atoms with Crippen LogP contribution in [0.25, 0.3) is 23.0 Å². The summed E-state index contributed by atoms with van der Waals surface area (Å²) in [7, 11) is 1.61. The van der Waals surface area contributed by atoms with Crippen LogP contribution in [0.5, 0.6) is 5.75 Å². The van der Waals surface area contributed by atoms with Crippen molar-refractivity contribution >= 4 is 17.9 Å². The number of methoxy groups -OCH3 is 1. The van der Waals surface area contributed by atoms with Gasteiger partial charge in [0, 0.05) is 22.9 Å². The molecule has 0 atom stereocenters. The Morgan fingerprint density at radius 1 is 0.921 bits per heavy atom. The SMILES string of the molecule is COc1ccc(-c2nn(-c3ccccc3)cc2/C=C2/C(=O)N(Cc3ccccc3)C(=O)C(C#N)=C2C)cc1. The molecule has 2 heterocycles. The van der Waals surface area contributed by atoms with E-state index in [1.807, 2.05) is 97.2 Å². The number of nitriles is 1. The summed E-state index contributed by atoms with van der Waals surface area (Å²) < 4.78 is 7.04. The van der Waals surface area contributed by atoms with E-state index < -0.39 is 11.8 Å². The predicted molar refractivity (Wildman–Crippen MR) is 144 cm³/mol. The highest BCUT2D eigenvalue weighted by Gasteiger charge is 2.35. The zero-order chi connectivity index (χ0) is 26.6. The highest BCUT2D eigenvalue weighted by Crippen LogP contribution is 2.32. The first kappa shape index (κ1) is 24.5. The van der Waals surface area contributed by atoms with Crippen molar-refractivity contribution in [1.82, 2.24) is 14.7 Å². The van der Waals surface area contributed by atoms with Crippen molar-refractivity contribution in [2.24, 2.45) is 0 Å². The van der Waals surface area contributed by atoms with Gasteiger partial charge in [-0.15, -0.1) is 0 Å². The van der Waals surface area contributed by atoms with E-state index in [1.54, 1.807) is 24.8 Å². The van der Waals surface area contributed by atoms with Gasteiger partial charge in [0.2, 0.25) is 0 Å². The molecule has 7 heteroatoms. The predicted octanol–water partition coefficient (Wildman–Crippen LogP) is 5.34. The van der Waals surface area contributed by atoms with E-state index in [-0.39, 0.29) is 17.7 Å². The molecule has 2 amide bonds. The summed E-state index contributed by atoms with van der Waals surface area (Å²) in [6, 6.07) is 28.4. The Hall–Kier alpha value is -5.22. The van der Waals surface area contributed by atoms with Crippen LogP contribution < -0.4 is 4.74 Å². The van der Waals surface area contributed by atoms with Gasteiger partial charge in [0.05, 0.1) is 25.0 Å². The van der Waals surface area contributed by atoms with Gasteiger partial charge in [-0.1, -0.05) is 48.5 Å². The van der Waals surface area contributed by atoms with Gasteiger partial charge in [0.15, 0.2) is 0 Å². The van der Waals surface area contributed by atoms with Crippen molar-refractivity contribution in [2.45, 2.75) is 13.5 Å². The lowest BCUT2D eigenvalue weighted by molar-refractivity contribution is -0.141. The highest BCUT2D eigenvalue weighted by atomic mass is 16.5. The molecule has 0 fully saturated rings. The second kappa shape index (κ2) is 10.4. The topological polar surface area (TPSA) is 88.2 Å². The maximum Gasteiger partial charge on any atom is 0.271 e. The molecule has 7 nitrogen and oxygen atoms in total. The Balaban J connectivity index is 1.65. The molecule has 0 radical (unpaired) electrons. The number of ether oxygens (including phenoxy) is 1. The summed E-state index contributed by atoms with van der Waals surface area (Å²) in [4.78, 5) is 27.9. The summed E-state index contributed by atoms with van der Waals surface area (Å²) in [5.41, 5.74) is 4.37. The minimum Gasteiger partial charge on any atom is -0.497 e. The summed E-state index contributed by atoms with van der Waals surface area (Å²) in [6.07, 6.45) is 3.55. The summed E-state index contributed by atoms with van der Waals surface area (Å²) >= 11 is 0. The van der Waals surface area contributed by atoms with Crippen molar-refractivity contribution in [1.29, 1.82) is 5.26 Å². The first-order valence-electron chi connectivity index (χ1n) is 12.0. The fourth-order valence-electron chi connectivity index (χ4n) is 4.37. The first-order chi connectivity index (χ1) is 18.5. The third kappa shape index (κ3) is 4.63. The number of para-hydroxylation sites is 1. The molecule has 0 saturated carbocycles. The molecule has 4 aromatic rings. The number of imide groups is 1. The molecule has 0 spiro atoms. The molecule has 0 saturated heterocycles. The number of aromatic nitrogens is 2. The number of carbonyl (C=O) groups is 2. The van der Waals surface area contributed by atoms with Crippen LogP contribution in [0.1, 0.15) is 18.1 Å². The van der Waals surface area contributed by atoms with Crippen molar-refractivity contribution < 1.29 is 14.3 Å². The number of amides is 2. The number of nitrogens with zero attached hydrogens (tertiary/aromatic N) is 4. The maximum atomic E-state index is 13.7. The molecule has 0 bridgehead atoms. The number of benzene rings is 3. The molecule has 1 aliphatic rings. The molecule has 186 valence electrons. The van der Waals surface area contributed by atoms with E-state index in [1.165, 1.54) is 0 Å². The summed E-state index contributed by atoms with van der Waals surface area (Å²) in [6.45, 7) is 1.71. The number of rotatable bonds is 6. The van der Waals surface area contributed by atoms with Gasteiger partial charge in [-0.2, -0.15) is 10.4 Å². The van der Waals surface area contributed by atoms with Gasteiger partial charge in [-0.25, -0.2) is 4.68 Å². The van der Waals surface area contributed by atoms with Gasteiger partial charge in [0.25, 0.3) is 11.8 Å². The smallest absolute Gasteiger partial charge is 0.271 e. The van der Waals surface area contributed by atoms with Gasteiger partial charge < -0.3 is 4.74 Å². The molecular formula is C31H24N4O3. The van der Waals surface area contributed by atoms with Crippen molar-refractivity contribution in [2.75, 3.05) is 7.11 Å². The number of carbonyl (C=O) groups excluding carboxylic acids is 2. The average Bonchev–Trinajstić information content (AvgIpc) is 3.39. The van der Waals surface area contributed by atoms with Gasteiger partial charge >= 0.3 is 0 Å². The third-order valence-corrected chi connectivity index (χ3v) is 6.44. The maximum absolute atomic E-state index is 13.7. The molecular weight excluding hydrogens is 476 g/mol. The fraction of sp³-hybridized carbons (Fsp3) is 0.0968. The Kier molecular flexibility index (Phi) is 6.70. The molecule has 0 aliphatic carbocycles. The lowest BCUT2D eigenvalue weighted by atomic mass is 9.93. The second-order valence-corrected chi connectivity index (χ2v) is 8.79. The fourth-order valence-corrected chi connectivity index (χ4v) is 4.37. The Labute approximate surface area is 220 Å². The lowest BCUT2D eigenvalue weighted by Gasteiger charge is -2.27. The van der Waals surface area contributed by atoms with Crippen LogP contribution in [0.2, 0.25) is 0 Å². The zero-order valence-electron chi connectivity index (χ0n) is 21.0. The quantitative estimate of drug-likeness (QED) is 0.263. The molecule has 38 heavy (non-hydrogen) atoms. The van der Waals surface area contributed by atoms with Crippen LogP contribution in [0.15, 0.2) is 108 Å². The minimum atomic E-state index is -0.591. The standard InChI is InChI=1S/C31H24N4O3/c1-21-27(30(36)34(31(37)28(21)18-32)19-22-9-5-3-6-10-22)17-24-20-35(25-11-7-4-8-12-25)33-29(24)23-13-15-26(38-2)16-14-23/h3-17,20H,19H2,1-2H3/b27-17+. The Bertz CT molecular complexity index is 1610. The largest absolute Gasteiger partial charge is 0.497 e. The van der Waals surface area contributed by atoms with Crippen LogP contribution in [0, 0.1) is 11.3 Å². The molecule has 0 N–H and O–H groups in total. The van der Waals surface area contributed by atoms with Gasteiger partial charge in [-0.3, -0.25) is 14.5 Å². The minimum absolute atomic E-state index is 0.0479. The van der Waals surface area contributed by atoms with Gasteiger partial charge in [-0.05, 0) is 60.5 Å². The Morgan fingerprint density at radius 3 is 2.21 bits per heavy atom. The molecule has 1 aromatic heterocycles. The second-order valence-electron chi connectivity index (χ2n) is 8.79. The number of hydrogen-bond acceptors (Lipinski definition) is 5. The molecule has 1 aliphatic heterocycles. The van der Waals surface area contributed by atoms with E-state index in [0.29, 0.717) is 22.6 Å². The lowest BCUT2D eigenvalue weighted by Crippen LogP contribution is -2.42.